The van der Waals surface area contributed by atoms with E-state index in [9.17, 15) is 9.18 Å². The Morgan fingerprint density at radius 2 is 1.68 bits per heavy atom. The van der Waals surface area contributed by atoms with Gasteiger partial charge in [-0.2, -0.15) is 0 Å². The summed E-state index contributed by atoms with van der Waals surface area (Å²) in [6.07, 6.45) is 1.75. The van der Waals surface area contributed by atoms with E-state index in [2.05, 4.69) is 11.9 Å². The summed E-state index contributed by atoms with van der Waals surface area (Å²) in [5, 5.41) is 2.71. The van der Waals surface area contributed by atoms with Gasteiger partial charge in [-0.3, -0.25) is 4.79 Å². The summed E-state index contributed by atoms with van der Waals surface area (Å²) in [5.74, 6) is -0.727. The molecular formula is C19H24FNO. The molecule has 0 bridgehead atoms. The van der Waals surface area contributed by atoms with E-state index in [0.29, 0.717) is 11.3 Å². The minimum absolute atomic E-state index is 0.311. The van der Waals surface area contributed by atoms with E-state index in [1.165, 1.54) is 18.2 Å². The number of amides is 1. The quantitative estimate of drug-likeness (QED) is 0.718. The van der Waals surface area contributed by atoms with Crippen LogP contribution in [0.3, 0.4) is 0 Å². The summed E-state index contributed by atoms with van der Waals surface area (Å²) in [7, 11) is 0. The van der Waals surface area contributed by atoms with Crippen molar-refractivity contribution in [1.29, 1.82) is 0 Å². The molecule has 1 N–H and O–H groups in total. The second-order valence-corrected chi connectivity index (χ2v) is 4.24. The van der Waals surface area contributed by atoms with Crippen molar-refractivity contribution in [3.8, 4) is 0 Å². The Labute approximate surface area is 132 Å². The van der Waals surface area contributed by atoms with Crippen LogP contribution in [0.4, 0.5) is 10.1 Å². The number of hydrogen-bond acceptors (Lipinski definition) is 1. The van der Waals surface area contributed by atoms with E-state index in [4.69, 9.17) is 0 Å². The van der Waals surface area contributed by atoms with Crippen molar-refractivity contribution in [3.63, 3.8) is 0 Å². The summed E-state index contributed by atoms with van der Waals surface area (Å²) in [5.41, 5.74) is 2.13. The third kappa shape index (κ3) is 7.39. The van der Waals surface area contributed by atoms with Gasteiger partial charge in [0, 0.05) is 11.3 Å². The number of hydrogen-bond donors (Lipinski definition) is 1. The molecule has 0 atom stereocenters. The van der Waals surface area contributed by atoms with Crippen LogP contribution in [0.15, 0.2) is 61.2 Å². The molecule has 0 aliphatic heterocycles. The lowest BCUT2D eigenvalue weighted by molar-refractivity contribution is 0.102. The molecule has 0 aliphatic carbocycles. The molecule has 3 heteroatoms. The number of carbonyl (C=O) groups excluding carboxylic acids is 1. The highest BCUT2D eigenvalue weighted by Crippen LogP contribution is 2.11. The maximum atomic E-state index is 12.9. The van der Waals surface area contributed by atoms with E-state index in [0.717, 1.165) is 5.56 Å². The van der Waals surface area contributed by atoms with Crippen LogP contribution in [0.5, 0.6) is 0 Å². The molecule has 2 aromatic rings. The zero-order chi connectivity index (χ0) is 17.0. The van der Waals surface area contributed by atoms with Crippen LogP contribution < -0.4 is 5.32 Å². The molecule has 2 nitrogen and oxygen atoms in total. The number of benzene rings is 2. The van der Waals surface area contributed by atoms with Gasteiger partial charge in [0.15, 0.2) is 0 Å². The Bertz CT molecular complexity index is 576. The molecule has 0 heterocycles. The minimum Gasteiger partial charge on any atom is -0.322 e. The molecule has 0 unspecified atom stereocenters. The number of aryl methyl sites for hydroxylation is 1. The molecule has 118 valence electrons. The van der Waals surface area contributed by atoms with Gasteiger partial charge in [0.1, 0.15) is 5.82 Å². The summed E-state index contributed by atoms with van der Waals surface area (Å²) in [6, 6.07) is 13.0. The molecule has 0 saturated carbocycles. The van der Waals surface area contributed by atoms with E-state index in [-0.39, 0.29) is 5.91 Å². The average molecular weight is 301 g/mol. The Morgan fingerprint density at radius 3 is 2.18 bits per heavy atom. The van der Waals surface area contributed by atoms with E-state index in [1.807, 2.05) is 52.0 Å². The topological polar surface area (TPSA) is 29.1 Å². The monoisotopic (exact) mass is 301 g/mol. The molecule has 0 fully saturated rings. The SMILES string of the molecule is C=CC.CC.Cc1ccc(NC(=O)c2cccc(F)c2)cc1. The second-order valence-electron chi connectivity index (χ2n) is 4.24. The van der Waals surface area contributed by atoms with E-state index >= 15 is 0 Å². The van der Waals surface area contributed by atoms with Crippen LogP contribution in [0.1, 0.15) is 36.7 Å². The van der Waals surface area contributed by atoms with Gasteiger partial charge in [-0.1, -0.05) is 43.7 Å². The molecule has 2 aromatic carbocycles. The van der Waals surface area contributed by atoms with Crippen molar-refractivity contribution in [2.45, 2.75) is 27.7 Å². The lowest BCUT2D eigenvalue weighted by atomic mass is 10.2. The highest BCUT2D eigenvalue weighted by atomic mass is 19.1. The summed E-state index contributed by atoms with van der Waals surface area (Å²) < 4.78 is 12.9. The number of halogens is 1. The third-order valence-corrected chi connectivity index (χ3v) is 2.40. The first-order valence-electron chi connectivity index (χ1n) is 7.27. The number of carbonyl (C=O) groups is 1. The zero-order valence-electron chi connectivity index (χ0n) is 13.7. The fraction of sp³-hybridized carbons (Fsp3) is 0.211. The minimum atomic E-state index is -0.415. The number of anilines is 1. The summed E-state index contributed by atoms with van der Waals surface area (Å²) in [4.78, 5) is 11.8. The van der Waals surface area contributed by atoms with E-state index in [1.54, 1.807) is 12.1 Å². The largest absolute Gasteiger partial charge is 0.322 e. The molecule has 2 rings (SSSR count). The maximum absolute atomic E-state index is 12.9. The molecule has 0 saturated heterocycles. The lowest BCUT2D eigenvalue weighted by Crippen LogP contribution is -2.11. The van der Waals surface area contributed by atoms with Crippen molar-refractivity contribution in [3.05, 3.63) is 78.1 Å². The van der Waals surface area contributed by atoms with Crippen LogP contribution >= 0.6 is 0 Å². The molecule has 0 aromatic heterocycles. The predicted molar refractivity (Wildman–Crippen MR) is 92.8 cm³/mol. The van der Waals surface area contributed by atoms with Crippen LogP contribution in [0.2, 0.25) is 0 Å². The van der Waals surface area contributed by atoms with Gasteiger partial charge in [0.05, 0.1) is 0 Å². The van der Waals surface area contributed by atoms with Crippen molar-refractivity contribution in [2.24, 2.45) is 0 Å². The van der Waals surface area contributed by atoms with Gasteiger partial charge in [-0.25, -0.2) is 4.39 Å². The summed E-state index contributed by atoms with van der Waals surface area (Å²) in [6.45, 7) is 11.2. The van der Waals surface area contributed by atoms with Crippen LogP contribution in [-0.4, -0.2) is 5.91 Å². The van der Waals surface area contributed by atoms with Gasteiger partial charge >= 0.3 is 0 Å². The normalized spacial score (nSPS) is 8.59. The fourth-order valence-electron chi connectivity index (χ4n) is 1.47. The maximum Gasteiger partial charge on any atom is 0.255 e. The zero-order valence-corrected chi connectivity index (χ0v) is 13.7. The number of allylic oxidation sites excluding steroid dienone is 1. The lowest BCUT2D eigenvalue weighted by Gasteiger charge is -2.05. The average Bonchev–Trinajstić information content (AvgIpc) is 2.52. The molecule has 0 aliphatic rings. The Kier molecular flexibility index (Phi) is 10.0. The molecule has 1 amide bonds. The first-order valence-corrected chi connectivity index (χ1v) is 7.27. The summed E-state index contributed by atoms with van der Waals surface area (Å²) >= 11 is 0. The number of nitrogens with one attached hydrogen (secondary N) is 1. The van der Waals surface area contributed by atoms with Crippen molar-refractivity contribution in [1.82, 2.24) is 0 Å². The second kappa shape index (κ2) is 11.3. The smallest absolute Gasteiger partial charge is 0.255 e. The molecule has 22 heavy (non-hydrogen) atoms. The first kappa shape index (κ1) is 19.6. The highest BCUT2D eigenvalue weighted by Gasteiger charge is 2.06. The standard InChI is InChI=1S/C14H12FNO.C3H6.C2H6/c1-10-5-7-13(8-6-10)16-14(17)11-3-2-4-12(15)9-11;1-3-2;1-2/h2-9H,1H3,(H,16,17);3H,1H2,2H3;1-2H3. The molecular weight excluding hydrogens is 277 g/mol. The third-order valence-electron chi connectivity index (χ3n) is 2.40. The Morgan fingerprint density at radius 1 is 1.14 bits per heavy atom. The van der Waals surface area contributed by atoms with Crippen molar-refractivity contribution in [2.75, 3.05) is 5.32 Å². The Balaban J connectivity index is 0.000000789. The van der Waals surface area contributed by atoms with Crippen LogP contribution in [0.25, 0.3) is 0 Å². The van der Waals surface area contributed by atoms with Gasteiger partial charge in [0.2, 0.25) is 0 Å². The van der Waals surface area contributed by atoms with Crippen LogP contribution in [-0.2, 0) is 0 Å². The highest BCUT2D eigenvalue weighted by molar-refractivity contribution is 6.04. The fourth-order valence-corrected chi connectivity index (χ4v) is 1.47. The predicted octanol–water partition coefficient (Wildman–Crippen LogP) is 5.60. The first-order chi connectivity index (χ1) is 10.6. The molecule has 0 radical (unpaired) electrons. The van der Waals surface area contributed by atoms with Crippen molar-refractivity contribution < 1.29 is 9.18 Å². The Hall–Kier alpha value is -2.42. The van der Waals surface area contributed by atoms with Crippen molar-refractivity contribution >= 4 is 11.6 Å². The van der Waals surface area contributed by atoms with Crippen LogP contribution in [0, 0.1) is 12.7 Å². The van der Waals surface area contributed by atoms with E-state index < -0.39 is 5.82 Å². The molecule has 0 spiro atoms. The van der Waals surface area contributed by atoms with Gasteiger partial charge < -0.3 is 5.32 Å². The van der Waals surface area contributed by atoms with Gasteiger partial charge in [0.25, 0.3) is 5.91 Å². The van der Waals surface area contributed by atoms with Gasteiger partial charge in [-0.15, -0.1) is 6.58 Å². The van der Waals surface area contributed by atoms with Gasteiger partial charge in [-0.05, 0) is 44.2 Å². The number of rotatable bonds is 2.